The van der Waals surface area contributed by atoms with Crippen LogP contribution in [0.1, 0.15) is 27.8 Å². The molecule has 3 rings (SSSR count). The third-order valence-electron chi connectivity index (χ3n) is 5.70. The van der Waals surface area contributed by atoms with Crippen molar-refractivity contribution in [3.8, 4) is 5.75 Å². The average Bonchev–Trinajstić information content (AvgIpc) is 2.76. The Balaban J connectivity index is 2.08. The van der Waals surface area contributed by atoms with Crippen LogP contribution in [-0.4, -0.2) is 28.0 Å². The van der Waals surface area contributed by atoms with E-state index in [4.69, 9.17) is 4.74 Å². The first kappa shape index (κ1) is 24.3. The fraction of sp³-hybridized carbons (Fsp3) is 0.269. The van der Waals surface area contributed by atoms with Gasteiger partial charge >= 0.3 is 0 Å². The second-order valence-corrected chi connectivity index (χ2v) is 10.1. The number of nitrogens with one attached hydrogen (secondary N) is 1. The van der Waals surface area contributed by atoms with Gasteiger partial charge in [0.05, 0.1) is 12.8 Å². The normalized spacial score (nSPS) is 11.2. The van der Waals surface area contributed by atoms with Gasteiger partial charge in [0.25, 0.3) is 10.0 Å². The van der Waals surface area contributed by atoms with Crippen LogP contribution in [0.2, 0.25) is 0 Å². The van der Waals surface area contributed by atoms with Gasteiger partial charge in [-0.05, 0) is 86.7 Å². The number of nitrogens with zero attached hydrogens (tertiary/aromatic N) is 1. The lowest BCUT2D eigenvalue weighted by atomic mass is 10.1. The zero-order chi connectivity index (χ0) is 24.3. The van der Waals surface area contributed by atoms with E-state index in [1.165, 1.54) is 7.11 Å². The van der Waals surface area contributed by atoms with E-state index >= 15 is 0 Å². The van der Waals surface area contributed by atoms with Crippen molar-refractivity contribution in [2.24, 2.45) is 0 Å². The Hall–Kier alpha value is -3.32. The fourth-order valence-corrected chi connectivity index (χ4v) is 5.28. The van der Waals surface area contributed by atoms with E-state index < -0.39 is 15.9 Å². The van der Waals surface area contributed by atoms with E-state index in [9.17, 15) is 13.2 Å². The maximum atomic E-state index is 13.8. The monoisotopic (exact) mass is 466 g/mol. The zero-order valence-corrected chi connectivity index (χ0v) is 20.7. The van der Waals surface area contributed by atoms with Crippen molar-refractivity contribution in [2.45, 2.75) is 39.5 Å². The molecule has 0 atom stereocenters. The summed E-state index contributed by atoms with van der Waals surface area (Å²) in [5.41, 5.74) is 5.65. The van der Waals surface area contributed by atoms with Gasteiger partial charge < -0.3 is 10.1 Å². The Labute approximate surface area is 196 Å². The molecule has 3 aromatic rings. The van der Waals surface area contributed by atoms with Crippen molar-refractivity contribution in [2.75, 3.05) is 23.3 Å². The number of hydrogen-bond donors (Lipinski definition) is 1. The maximum Gasteiger partial charge on any atom is 0.268 e. The average molecular weight is 467 g/mol. The van der Waals surface area contributed by atoms with E-state index in [-0.39, 0.29) is 17.2 Å². The summed E-state index contributed by atoms with van der Waals surface area (Å²) in [6.45, 7) is 9.10. The van der Waals surface area contributed by atoms with Crippen LogP contribution in [0, 0.1) is 34.6 Å². The summed E-state index contributed by atoms with van der Waals surface area (Å²) >= 11 is 0. The van der Waals surface area contributed by atoms with Crippen molar-refractivity contribution in [3.63, 3.8) is 0 Å². The summed E-state index contributed by atoms with van der Waals surface area (Å²) in [5, 5.41) is 2.89. The van der Waals surface area contributed by atoms with Gasteiger partial charge in [-0.25, -0.2) is 8.42 Å². The van der Waals surface area contributed by atoms with Crippen LogP contribution < -0.4 is 14.4 Å². The van der Waals surface area contributed by atoms with Gasteiger partial charge in [-0.3, -0.25) is 9.10 Å². The molecule has 0 unspecified atom stereocenters. The second kappa shape index (κ2) is 9.67. The lowest BCUT2D eigenvalue weighted by Gasteiger charge is -2.26. The Morgan fingerprint density at radius 3 is 2.15 bits per heavy atom. The van der Waals surface area contributed by atoms with E-state index in [2.05, 4.69) is 5.32 Å². The molecule has 0 aliphatic carbocycles. The fourth-order valence-electron chi connectivity index (χ4n) is 3.62. The molecule has 0 heterocycles. The lowest BCUT2D eigenvalue weighted by molar-refractivity contribution is -0.114. The molecule has 0 aliphatic rings. The predicted molar refractivity (Wildman–Crippen MR) is 133 cm³/mol. The molecular weight excluding hydrogens is 436 g/mol. The van der Waals surface area contributed by atoms with Crippen LogP contribution in [0.3, 0.4) is 0 Å². The van der Waals surface area contributed by atoms with Crippen LogP contribution in [0.5, 0.6) is 5.75 Å². The first-order valence-corrected chi connectivity index (χ1v) is 12.1. The van der Waals surface area contributed by atoms with Gasteiger partial charge in [-0.1, -0.05) is 30.3 Å². The van der Waals surface area contributed by atoms with Gasteiger partial charge in [-0.15, -0.1) is 0 Å². The molecule has 6 nitrogen and oxygen atoms in total. The van der Waals surface area contributed by atoms with Crippen molar-refractivity contribution >= 4 is 27.3 Å². The first-order chi connectivity index (χ1) is 15.5. The van der Waals surface area contributed by atoms with Gasteiger partial charge in [0.2, 0.25) is 5.91 Å². The highest BCUT2D eigenvalue weighted by atomic mass is 32.2. The van der Waals surface area contributed by atoms with E-state index in [1.807, 2.05) is 58.9 Å². The molecule has 0 saturated heterocycles. The molecule has 0 fully saturated rings. The maximum absolute atomic E-state index is 13.8. The third kappa shape index (κ3) is 5.20. The first-order valence-electron chi connectivity index (χ1n) is 10.7. The topological polar surface area (TPSA) is 75.7 Å². The number of benzene rings is 3. The van der Waals surface area contributed by atoms with Crippen molar-refractivity contribution in [1.29, 1.82) is 0 Å². The van der Waals surface area contributed by atoms with Gasteiger partial charge in [0.15, 0.2) is 0 Å². The minimum absolute atomic E-state index is 0.0168. The molecule has 1 N–H and O–H groups in total. The number of para-hydroxylation sites is 1. The number of amides is 1. The van der Waals surface area contributed by atoms with E-state index in [0.29, 0.717) is 11.4 Å². The van der Waals surface area contributed by atoms with Crippen molar-refractivity contribution < 1.29 is 17.9 Å². The summed E-state index contributed by atoms with van der Waals surface area (Å²) in [7, 11) is -2.68. The molecular formula is C26H30N2O4S. The number of rotatable bonds is 7. The SMILES string of the molecule is COc1ccc(C)cc1S(=O)(=O)N(CC(=O)Nc1c(C)cccc1C)c1ccc(C)c(C)c1. The Bertz CT molecular complexity index is 1280. The number of aryl methyl sites for hydroxylation is 5. The summed E-state index contributed by atoms with van der Waals surface area (Å²) in [6.07, 6.45) is 0. The molecule has 174 valence electrons. The predicted octanol–water partition coefficient (Wildman–Crippen LogP) is 5.07. The largest absolute Gasteiger partial charge is 0.495 e. The number of anilines is 2. The summed E-state index contributed by atoms with van der Waals surface area (Å²) < 4.78 is 34.2. The molecule has 0 aromatic heterocycles. The molecule has 0 bridgehead atoms. The molecule has 0 saturated carbocycles. The quantitative estimate of drug-likeness (QED) is 0.527. The van der Waals surface area contributed by atoms with Crippen LogP contribution in [-0.2, 0) is 14.8 Å². The minimum Gasteiger partial charge on any atom is -0.495 e. The zero-order valence-electron chi connectivity index (χ0n) is 19.9. The van der Waals surface area contributed by atoms with Crippen LogP contribution >= 0.6 is 0 Å². The number of hydrogen-bond acceptors (Lipinski definition) is 4. The third-order valence-corrected chi connectivity index (χ3v) is 7.49. The van der Waals surface area contributed by atoms with Crippen molar-refractivity contribution in [3.05, 3.63) is 82.4 Å². The highest BCUT2D eigenvalue weighted by molar-refractivity contribution is 7.93. The molecule has 33 heavy (non-hydrogen) atoms. The van der Waals surface area contributed by atoms with Gasteiger partial charge in [0, 0.05) is 5.69 Å². The number of carbonyl (C=O) groups excluding carboxylic acids is 1. The van der Waals surface area contributed by atoms with Crippen molar-refractivity contribution in [1.82, 2.24) is 0 Å². The summed E-state index contributed by atoms with van der Waals surface area (Å²) in [5.74, 6) is -0.203. The summed E-state index contributed by atoms with van der Waals surface area (Å²) in [6, 6.07) is 16.0. The Morgan fingerprint density at radius 2 is 1.55 bits per heavy atom. The number of ether oxygens (including phenoxy) is 1. The number of carbonyl (C=O) groups is 1. The minimum atomic E-state index is -4.11. The standard InChI is InChI=1S/C26H30N2O4S/c1-17-10-13-23(32-6)24(14-17)33(30,31)28(22-12-11-18(2)21(5)15-22)16-25(29)27-26-19(3)8-7-9-20(26)4/h7-15H,16H2,1-6H3,(H,27,29). The van der Waals surface area contributed by atoms with Crippen LogP contribution in [0.25, 0.3) is 0 Å². The molecule has 0 radical (unpaired) electrons. The van der Waals surface area contributed by atoms with Gasteiger partial charge in [0.1, 0.15) is 17.2 Å². The lowest BCUT2D eigenvalue weighted by Crippen LogP contribution is -2.38. The molecule has 0 spiro atoms. The molecule has 0 aliphatic heterocycles. The Kier molecular flexibility index (Phi) is 7.12. The van der Waals surface area contributed by atoms with Crippen LogP contribution in [0.4, 0.5) is 11.4 Å². The van der Waals surface area contributed by atoms with E-state index in [1.54, 1.807) is 30.3 Å². The smallest absolute Gasteiger partial charge is 0.268 e. The second-order valence-electron chi connectivity index (χ2n) is 8.25. The number of sulfonamides is 1. The van der Waals surface area contributed by atoms with Crippen LogP contribution in [0.15, 0.2) is 59.5 Å². The molecule has 1 amide bonds. The van der Waals surface area contributed by atoms with E-state index in [0.717, 1.165) is 32.1 Å². The highest BCUT2D eigenvalue weighted by Crippen LogP contribution is 2.32. The number of methoxy groups -OCH3 is 1. The Morgan fingerprint density at radius 1 is 0.879 bits per heavy atom. The summed E-state index contributed by atoms with van der Waals surface area (Å²) in [4.78, 5) is 13.1. The molecule has 7 heteroatoms. The van der Waals surface area contributed by atoms with Gasteiger partial charge in [-0.2, -0.15) is 0 Å². The highest BCUT2D eigenvalue weighted by Gasteiger charge is 2.30. The molecule has 3 aromatic carbocycles.